The highest BCUT2D eigenvalue weighted by Crippen LogP contribution is 2.24. The first-order chi connectivity index (χ1) is 8.28. The molecule has 1 heterocycles. The van der Waals surface area contributed by atoms with Gasteiger partial charge in [-0.1, -0.05) is 12.1 Å². The van der Waals surface area contributed by atoms with Crippen molar-refractivity contribution in [2.24, 2.45) is 0 Å². The van der Waals surface area contributed by atoms with E-state index in [9.17, 15) is 0 Å². The summed E-state index contributed by atoms with van der Waals surface area (Å²) in [5, 5.41) is 0. The SMILES string of the molecule is CCOc1cccc(Oc2cccc(Br)n2)c1. The van der Waals surface area contributed by atoms with E-state index in [2.05, 4.69) is 20.9 Å². The summed E-state index contributed by atoms with van der Waals surface area (Å²) in [6.07, 6.45) is 0. The van der Waals surface area contributed by atoms with E-state index in [0.29, 0.717) is 18.2 Å². The zero-order valence-corrected chi connectivity index (χ0v) is 11.0. The summed E-state index contributed by atoms with van der Waals surface area (Å²) in [6, 6.07) is 13.0. The van der Waals surface area contributed by atoms with Gasteiger partial charge in [-0.2, -0.15) is 0 Å². The number of benzene rings is 1. The lowest BCUT2D eigenvalue weighted by Crippen LogP contribution is -1.92. The number of hydrogen-bond donors (Lipinski definition) is 0. The van der Waals surface area contributed by atoms with Gasteiger partial charge in [0.2, 0.25) is 5.88 Å². The van der Waals surface area contributed by atoms with Gasteiger partial charge in [-0.25, -0.2) is 4.98 Å². The van der Waals surface area contributed by atoms with Crippen LogP contribution in [0.5, 0.6) is 17.4 Å². The second-order valence-electron chi connectivity index (χ2n) is 3.31. The molecule has 88 valence electrons. The van der Waals surface area contributed by atoms with Crippen molar-refractivity contribution in [3.63, 3.8) is 0 Å². The summed E-state index contributed by atoms with van der Waals surface area (Å²) in [6.45, 7) is 2.59. The van der Waals surface area contributed by atoms with Gasteiger partial charge in [0, 0.05) is 12.1 Å². The Labute approximate surface area is 109 Å². The van der Waals surface area contributed by atoms with Crippen LogP contribution in [0.15, 0.2) is 47.1 Å². The first kappa shape index (κ1) is 11.9. The lowest BCUT2D eigenvalue weighted by molar-refractivity contribution is 0.338. The molecule has 0 aliphatic rings. The van der Waals surface area contributed by atoms with Crippen LogP contribution >= 0.6 is 15.9 Å². The van der Waals surface area contributed by atoms with E-state index in [-0.39, 0.29) is 0 Å². The van der Waals surface area contributed by atoms with Crippen molar-refractivity contribution in [1.82, 2.24) is 4.98 Å². The third kappa shape index (κ3) is 3.46. The van der Waals surface area contributed by atoms with Crippen LogP contribution in [0.3, 0.4) is 0 Å². The van der Waals surface area contributed by atoms with Crippen LogP contribution in [0.2, 0.25) is 0 Å². The van der Waals surface area contributed by atoms with E-state index >= 15 is 0 Å². The fraction of sp³-hybridized carbons (Fsp3) is 0.154. The molecule has 0 aliphatic carbocycles. The Balaban J connectivity index is 2.15. The number of aromatic nitrogens is 1. The Morgan fingerprint density at radius 2 is 1.88 bits per heavy atom. The molecule has 2 rings (SSSR count). The highest BCUT2D eigenvalue weighted by Gasteiger charge is 2.01. The summed E-state index contributed by atoms with van der Waals surface area (Å²) < 4.78 is 11.8. The minimum Gasteiger partial charge on any atom is -0.494 e. The summed E-state index contributed by atoms with van der Waals surface area (Å²) in [5.41, 5.74) is 0. The molecule has 0 bridgehead atoms. The van der Waals surface area contributed by atoms with Crippen LogP contribution < -0.4 is 9.47 Å². The second-order valence-corrected chi connectivity index (χ2v) is 4.12. The van der Waals surface area contributed by atoms with Crippen molar-refractivity contribution in [1.29, 1.82) is 0 Å². The molecule has 0 saturated carbocycles. The van der Waals surface area contributed by atoms with Crippen LogP contribution in [0.25, 0.3) is 0 Å². The molecule has 0 N–H and O–H groups in total. The van der Waals surface area contributed by atoms with Crippen LogP contribution in [0.4, 0.5) is 0 Å². The number of halogens is 1. The Hall–Kier alpha value is -1.55. The number of rotatable bonds is 4. The van der Waals surface area contributed by atoms with Gasteiger partial charge < -0.3 is 9.47 Å². The fourth-order valence-electron chi connectivity index (χ4n) is 1.36. The van der Waals surface area contributed by atoms with E-state index in [4.69, 9.17) is 9.47 Å². The fourth-order valence-corrected chi connectivity index (χ4v) is 1.69. The molecule has 0 aliphatic heterocycles. The molecule has 2 aromatic rings. The van der Waals surface area contributed by atoms with E-state index in [1.54, 1.807) is 6.07 Å². The van der Waals surface area contributed by atoms with Gasteiger partial charge in [-0.15, -0.1) is 0 Å². The Bertz CT molecular complexity index is 502. The van der Waals surface area contributed by atoms with Gasteiger partial charge in [0.1, 0.15) is 16.1 Å². The van der Waals surface area contributed by atoms with Gasteiger partial charge in [-0.3, -0.25) is 0 Å². The van der Waals surface area contributed by atoms with E-state index < -0.39 is 0 Å². The molecule has 0 saturated heterocycles. The monoisotopic (exact) mass is 293 g/mol. The summed E-state index contributed by atoms with van der Waals surface area (Å²) in [4.78, 5) is 4.20. The average molecular weight is 294 g/mol. The molecule has 3 nitrogen and oxygen atoms in total. The van der Waals surface area contributed by atoms with Crippen LogP contribution in [0.1, 0.15) is 6.92 Å². The van der Waals surface area contributed by atoms with Gasteiger partial charge in [0.15, 0.2) is 0 Å². The quantitative estimate of drug-likeness (QED) is 0.798. The largest absolute Gasteiger partial charge is 0.494 e. The van der Waals surface area contributed by atoms with Gasteiger partial charge in [-0.05, 0) is 41.1 Å². The van der Waals surface area contributed by atoms with Crippen molar-refractivity contribution in [2.75, 3.05) is 6.61 Å². The highest BCUT2D eigenvalue weighted by molar-refractivity contribution is 9.10. The molecular weight excluding hydrogens is 282 g/mol. The average Bonchev–Trinajstić information content (AvgIpc) is 2.30. The molecule has 0 unspecified atom stereocenters. The zero-order valence-electron chi connectivity index (χ0n) is 9.39. The minimum absolute atomic E-state index is 0.549. The Morgan fingerprint density at radius 3 is 2.65 bits per heavy atom. The molecule has 1 aromatic carbocycles. The third-order valence-electron chi connectivity index (χ3n) is 2.03. The molecular formula is C13H12BrNO2. The van der Waals surface area contributed by atoms with Crippen LogP contribution in [0, 0.1) is 0 Å². The number of hydrogen-bond acceptors (Lipinski definition) is 3. The minimum atomic E-state index is 0.549. The first-order valence-corrected chi connectivity index (χ1v) is 6.10. The summed E-state index contributed by atoms with van der Waals surface area (Å²) >= 11 is 3.30. The normalized spacial score (nSPS) is 10.0. The predicted molar refractivity (Wildman–Crippen MR) is 69.6 cm³/mol. The van der Waals surface area contributed by atoms with Crippen LogP contribution in [-0.4, -0.2) is 11.6 Å². The highest BCUT2D eigenvalue weighted by atomic mass is 79.9. The lowest BCUT2D eigenvalue weighted by atomic mass is 10.3. The predicted octanol–water partition coefficient (Wildman–Crippen LogP) is 4.04. The van der Waals surface area contributed by atoms with Crippen molar-refractivity contribution in [3.05, 3.63) is 47.1 Å². The lowest BCUT2D eigenvalue weighted by Gasteiger charge is -2.07. The third-order valence-corrected chi connectivity index (χ3v) is 2.47. The van der Waals surface area contributed by atoms with E-state index in [1.807, 2.05) is 43.3 Å². The molecule has 17 heavy (non-hydrogen) atoms. The summed E-state index contributed by atoms with van der Waals surface area (Å²) in [5.74, 6) is 2.05. The maximum absolute atomic E-state index is 5.63. The second kappa shape index (κ2) is 5.68. The Kier molecular flexibility index (Phi) is 3.98. The molecule has 0 atom stereocenters. The van der Waals surface area contributed by atoms with E-state index in [0.717, 1.165) is 10.4 Å². The molecule has 0 radical (unpaired) electrons. The molecule has 4 heteroatoms. The van der Waals surface area contributed by atoms with Crippen molar-refractivity contribution in [3.8, 4) is 17.4 Å². The van der Waals surface area contributed by atoms with Crippen molar-refractivity contribution < 1.29 is 9.47 Å². The van der Waals surface area contributed by atoms with E-state index in [1.165, 1.54) is 0 Å². The van der Waals surface area contributed by atoms with Gasteiger partial charge in [0.05, 0.1) is 6.61 Å². The number of nitrogens with zero attached hydrogens (tertiary/aromatic N) is 1. The molecule has 0 spiro atoms. The molecule has 1 aromatic heterocycles. The van der Waals surface area contributed by atoms with Gasteiger partial charge >= 0.3 is 0 Å². The van der Waals surface area contributed by atoms with Crippen molar-refractivity contribution in [2.45, 2.75) is 6.92 Å². The van der Waals surface area contributed by atoms with Crippen LogP contribution in [-0.2, 0) is 0 Å². The summed E-state index contributed by atoms with van der Waals surface area (Å²) in [7, 11) is 0. The topological polar surface area (TPSA) is 31.4 Å². The van der Waals surface area contributed by atoms with Crippen molar-refractivity contribution >= 4 is 15.9 Å². The number of pyridine rings is 1. The molecule has 0 amide bonds. The Morgan fingerprint density at radius 1 is 1.12 bits per heavy atom. The maximum Gasteiger partial charge on any atom is 0.220 e. The smallest absolute Gasteiger partial charge is 0.220 e. The van der Waals surface area contributed by atoms with Gasteiger partial charge in [0.25, 0.3) is 0 Å². The zero-order chi connectivity index (χ0) is 12.1. The number of ether oxygens (including phenoxy) is 2. The molecule has 0 fully saturated rings. The maximum atomic E-state index is 5.63. The standard InChI is InChI=1S/C13H12BrNO2/c1-2-16-10-5-3-6-11(9-10)17-13-8-4-7-12(14)15-13/h3-9H,2H2,1H3. The first-order valence-electron chi connectivity index (χ1n) is 5.31.